The molecule has 0 spiro atoms. The standard InChI is InChI=1S/C54H38N2/c1-3-13-39(14-4-1)41-23-25-42(26-24-41)44-29-35-47(36-30-44)55(46-33-27-43(28-34-46)40-15-5-2-6-16-40)48-37-31-45(32-38-48)49-17-7-10-20-52(49)56-53-21-11-8-18-50(53)51-19-9-12-22-54(51)56/h1-38H/i27D,28D,31D,32D,33D,34D,37D,38D. The molecule has 0 fully saturated rings. The molecule has 0 saturated carbocycles. The van der Waals surface area contributed by atoms with Crippen LogP contribution in [-0.4, -0.2) is 4.57 Å². The molecule has 0 unspecified atom stereocenters. The summed E-state index contributed by atoms with van der Waals surface area (Å²) in [5.41, 5.74) is 7.61. The summed E-state index contributed by atoms with van der Waals surface area (Å²) in [6.07, 6.45) is 0. The summed E-state index contributed by atoms with van der Waals surface area (Å²) >= 11 is 0. The quantitative estimate of drug-likeness (QED) is 0.152. The van der Waals surface area contributed by atoms with Crippen molar-refractivity contribution in [2.24, 2.45) is 0 Å². The van der Waals surface area contributed by atoms with Crippen LogP contribution in [0.2, 0.25) is 0 Å². The number of hydrogen-bond donors (Lipinski definition) is 0. The van der Waals surface area contributed by atoms with Crippen molar-refractivity contribution in [3.05, 3.63) is 230 Å². The van der Waals surface area contributed by atoms with Gasteiger partial charge in [0.15, 0.2) is 0 Å². The molecular weight excluding hydrogens is 677 g/mol. The minimum absolute atomic E-state index is 0.0874. The Labute approximate surface area is 339 Å². The lowest BCUT2D eigenvalue weighted by atomic mass is 10.00. The van der Waals surface area contributed by atoms with Crippen molar-refractivity contribution in [2.75, 3.05) is 4.90 Å². The highest BCUT2D eigenvalue weighted by Crippen LogP contribution is 2.40. The average Bonchev–Trinajstić information content (AvgIpc) is 3.67. The average molecular weight is 723 g/mol. The fraction of sp³-hybridized carbons (Fsp3) is 0. The Balaban J connectivity index is 1.17. The number of para-hydroxylation sites is 3. The maximum atomic E-state index is 9.70. The van der Waals surface area contributed by atoms with Gasteiger partial charge in [-0.3, -0.25) is 0 Å². The minimum Gasteiger partial charge on any atom is -0.311 e. The zero-order valence-electron chi connectivity index (χ0n) is 38.2. The smallest absolute Gasteiger partial charge is 0.0645 e. The molecule has 10 aromatic rings. The van der Waals surface area contributed by atoms with E-state index in [2.05, 4.69) is 41.0 Å². The summed E-state index contributed by atoms with van der Waals surface area (Å²) in [4.78, 5) is 1.35. The molecule has 0 atom stereocenters. The van der Waals surface area contributed by atoms with E-state index in [9.17, 15) is 11.0 Å². The van der Waals surface area contributed by atoms with Crippen molar-refractivity contribution in [1.29, 1.82) is 0 Å². The predicted octanol–water partition coefficient (Wildman–Crippen LogP) is 14.9. The molecule has 0 aliphatic heterocycles. The van der Waals surface area contributed by atoms with Gasteiger partial charge >= 0.3 is 0 Å². The lowest BCUT2D eigenvalue weighted by molar-refractivity contribution is 1.18. The van der Waals surface area contributed by atoms with Gasteiger partial charge in [-0.1, -0.05) is 176 Å². The van der Waals surface area contributed by atoms with E-state index in [1.807, 2.05) is 103 Å². The summed E-state index contributed by atoms with van der Waals surface area (Å²) in [6.45, 7) is 0. The van der Waals surface area contributed by atoms with E-state index in [4.69, 9.17) is 0 Å². The van der Waals surface area contributed by atoms with Gasteiger partial charge in [-0.15, -0.1) is 0 Å². The lowest BCUT2D eigenvalue weighted by Gasteiger charge is -2.26. The number of hydrogen-bond acceptors (Lipinski definition) is 1. The second-order valence-electron chi connectivity index (χ2n) is 13.5. The van der Waals surface area contributed by atoms with Crippen LogP contribution in [0.25, 0.3) is 72.0 Å². The predicted molar refractivity (Wildman–Crippen MR) is 237 cm³/mol. The molecule has 0 aliphatic rings. The van der Waals surface area contributed by atoms with Gasteiger partial charge in [-0.05, 0) is 93.4 Å². The Kier molecular flexibility index (Phi) is 6.59. The van der Waals surface area contributed by atoms with E-state index >= 15 is 0 Å². The monoisotopic (exact) mass is 722 g/mol. The Bertz CT molecular complexity index is 3290. The van der Waals surface area contributed by atoms with Crippen LogP contribution in [0.5, 0.6) is 0 Å². The Morgan fingerprint density at radius 1 is 0.304 bits per heavy atom. The van der Waals surface area contributed by atoms with Crippen LogP contribution in [0.15, 0.2) is 230 Å². The van der Waals surface area contributed by atoms with Gasteiger partial charge in [0.1, 0.15) is 0 Å². The Hall–Kier alpha value is -7.42. The van der Waals surface area contributed by atoms with Crippen molar-refractivity contribution in [2.45, 2.75) is 0 Å². The van der Waals surface area contributed by atoms with Crippen LogP contribution < -0.4 is 4.90 Å². The summed E-state index contributed by atoms with van der Waals surface area (Å²) < 4.78 is 78.1. The number of fused-ring (bicyclic) bond motifs is 3. The van der Waals surface area contributed by atoms with E-state index in [0.29, 0.717) is 22.5 Å². The molecule has 264 valence electrons. The number of anilines is 3. The molecule has 1 heterocycles. The largest absolute Gasteiger partial charge is 0.311 e. The third-order valence-electron chi connectivity index (χ3n) is 10.2. The zero-order chi connectivity index (χ0) is 44.2. The van der Waals surface area contributed by atoms with Gasteiger partial charge in [0.05, 0.1) is 27.7 Å². The van der Waals surface area contributed by atoms with E-state index in [1.54, 1.807) is 42.5 Å². The molecule has 0 bridgehead atoms. The SMILES string of the molecule is [2H]c1c([2H])c(N(c2ccc(-c3ccc(-c4ccccc4)cc3)cc2)c2c([2H])c([2H])c(-c3ccccc3-n3c4ccccc4c4ccccc43)c([2H])c2[2H])c([2H])c([2H])c1-c1ccccc1. The molecule has 0 radical (unpaired) electrons. The molecule has 1 aromatic heterocycles. The van der Waals surface area contributed by atoms with Gasteiger partial charge in [-0.25, -0.2) is 0 Å². The van der Waals surface area contributed by atoms with Crippen LogP contribution in [0, 0.1) is 0 Å². The van der Waals surface area contributed by atoms with E-state index in [-0.39, 0.29) is 46.7 Å². The summed E-state index contributed by atoms with van der Waals surface area (Å²) in [7, 11) is 0. The normalized spacial score (nSPS) is 13.2. The Morgan fingerprint density at radius 3 is 1.23 bits per heavy atom. The zero-order valence-corrected chi connectivity index (χ0v) is 30.2. The summed E-state index contributed by atoms with van der Waals surface area (Å²) in [6, 6.07) is 54.9. The Morgan fingerprint density at radius 2 is 0.696 bits per heavy atom. The molecule has 0 N–H and O–H groups in total. The topological polar surface area (TPSA) is 8.17 Å². The maximum absolute atomic E-state index is 9.70. The minimum atomic E-state index is -0.405. The number of nitrogens with zero attached hydrogens (tertiary/aromatic N) is 2. The molecular formula is C54H38N2. The van der Waals surface area contributed by atoms with E-state index in [1.165, 1.54) is 4.90 Å². The first-order chi connectivity index (χ1) is 31.1. The van der Waals surface area contributed by atoms with Crippen LogP contribution in [-0.2, 0) is 0 Å². The highest BCUT2D eigenvalue weighted by atomic mass is 15.1. The first-order valence-corrected chi connectivity index (χ1v) is 18.5. The number of aromatic nitrogens is 1. The highest BCUT2D eigenvalue weighted by molar-refractivity contribution is 6.09. The van der Waals surface area contributed by atoms with Crippen molar-refractivity contribution < 1.29 is 11.0 Å². The molecule has 56 heavy (non-hydrogen) atoms. The molecule has 0 amide bonds. The maximum Gasteiger partial charge on any atom is 0.0645 e. The number of rotatable bonds is 8. The summed E-state index contributed by atoms with van der Waals surface area (Å²) in [5.74, 6) is 0. The van der Waals surface area contributed by atoms with Crippen molar-refractivity contribution >= 4 is 38.9 Å². The molecule has 9 aromatic carbocycles. The van der Waals surface area contributed by atoms with Gasteiger partial charge < -0.3 is 9.47 Å². The third-order valence-corrected chi connectivity index (χ3v) is 10.2. The van der Waals surface area contributed by atoms with Gasteiger partial charge in [0.2, 0.25) is 0 Å². The third kappa shape index (κ3) is 6.14. The van der Waals surface area contributed by atoms with Gasteiger partial charge in [-0.2, -0.15) is 0 Å². The molecule has 2 nitrogen and oxygen atoms in total. The van der Waals surface area contributed by atoms with E-state index in [0.717, 1.165) is 44.1 Å². The lowest BCUT2D eigenvalue weighted by Crippen LogP contribution is -2.09. The molecule has 0 aliphatic carbocycles. The summed E-state index contributed by atoms with van der Waals surface area (Å²) in [5, 5.41) is 2.07. The number of benzene rings is 9. The van der Waals surface area contributed by atoms with Gasteiger partial charge in [0.25, 0.3) is 0 Å². The second-order valence-corrected chi connectivity index (χ2v) is 13.5. The fourth-order valence-electron chi connectivity index (χ4n) is 7.44. The van der Waals surface area contributed by atoms with Crippen LogP contribution >= 0.6 is 0 Å². The second kappa shape index (κ2) is 14.4. The van der Waals surface area contributed by atoms with Crippen LogP contribution in [0.1, 0.15) is 11.0 Å². The van der Waals surface area contributed by atoms with Crippen molar-refractivity contribution in [3.63, 3.8) is 0 Å². The first-order valence-electron chi connectivity index (χ1n) is 22.5. The first kappa shape index (κ1) is 25.6. The fourth-order valence-corrected chi connectivity index (χ4v) is 7.44. The van der Waals surface area contributed by atoms with Crippen LogP contribution in [0.3, 0.4) is 0 Å². The molecule has 0 saturated heterocycles. The highest BCUT2D eigenvalue weighted by Gasteiger charge is 2.17. The molecule has 10 rings (SSSR count). The van der Waals surface area contributed by atoms with E-state index < -0.39 is 24.2 Å². The molecule has 2 heteroatoms. The van der Waals surface area contributed by atoms with Crippen molar-refractivity contribution in [1.82, 2.24) is 4.57 Å². The van der Waals surface area contributed by atoms with Crippen LogP contribution in [0.4, 0.5) is 17.1 Å². The van der Waals surface area contributed by atoms with Gasteiger partial charge in [0, 0.05) is 33.4 Å². The van der Waals surface area contributed by atoms with Crippen molar-refractivity contribution in [3.8, 4) is 50.2 Å².